The molecule has 0 fully saturated rings. The van der Waals surface area contributed by atoms with Gasteiger partial charge < -0.3 is 0 Å². The Morgan fingerprint density at radius 2 is 1.66 bits per heavy atom. The first kappa shape index (κ1) is 19.2. The third kappa shape index (κ3) is 3.75. The van der Waals surface area contributed by atoms with Gasteiger partial charge in [-0.15, -0.1) is 0 Å². The maximum absolute atomic E-state index is 4.20. The highest BCUT2D eigenvalue weighted by Gasteiger charge is 2.15. The maximum atomic E-state index is 4.20. The molecule has 0 bridgehead atoms. The van der Waals surface area contributed by atoms with Crippen molar-refractivity contribution >= 4 is 22.0 Å². The van der Waals surface area contributed by atoms with Crippen molar-refractivity contribution < 1.29 is 0 Å². The summed E-state index contributed by atoms with van der Waals surface area (Å²) >= 11 is 0. The number of allylic oxidation sites excluding steroid dienone is 1. The largest absolute Gasteiger partial charge is 0.278 e. The van der Waals surface area contributed by atoms with Gasteiger partial charge in [-0.2, -0.15) is 5.10 Å². The van der Waals surface area contributed by atoms with Crippen molar-refractivity contribution in [3.8, 4) is 0 Å². The quantitative estimate of drug-likeness (QED) is 0.360. The van der Waals surface area contributed by atoms with Crippen LogP contribution in [-0.4, -0.2) is 10.2 Å². The summed E-state index contributed by atoms with van der Waals surface area (Å²) in [4.78, 5) is 0. The van der Waals surface area contributed by atoms with Crippen LogP contribution in [0.15, 0.2) is 72.9 Å². The number of hydrogen-bond acceptors (Lipinski definition) is 1. The highest BCUT2D eigenvalue weighted by molar-refractivity contribution is 6.00. The van der Waals surface area contributed by atoms with E-state index in [4.69, 9.17) is 0 Å². The Morgan fingerprint density at radius 1 is 0.931 bits per heavy atom. The molecule has 146 valence electrons. The third-order valence-electron chi connectivity index (χ3n) is 5.72. The Morgan fingerprint density at radius 3 is 2.34 bits per heavy atom. The van der Waals surface area contributed by atoms with Gasteiger partial charge in [0.15, 0.2) is 0 Å². The van der Waals surface area contributed by atoms with Gasteiger partial charge in [0.25, 0.3) is 0 Å². The van der Waals surface area contributed by atoms with Crippen molar-refractivity contribution in [1.29, 1.82) is 0 Å². The van der Waals surface area contributed by atoms with E-state index in [2.05, 4.69) is 105 Å². The SMILES string of the molecule is CC/C(=C(/c1ccc(C(C)C)cc1)c1ccc2[nH]ncc2c1)c1ccccc1C. The fourth-order valence-corrected chi connectivity index (χ4v) is 4.06. The number of benzene rings is 3. The number of rotatable bonds is 5. The standard InChI is InChI=1S/C27H28N2/c1-5-24(25-9-7-6-8-19(25)4)27(21-12-10-20(11-13-21)18(2)3)22-14-15-26-23(16-22)17-28-29-26/h6-18H,5H2,1-4H3,(H,28,29)/b27-24+. The number of aromatic amines is 1. The fraction of sp³-hybridized carbons (Fsp3) is 0.222. The Kier molecular flexibility index (Phi) is 5.35. The van der Waals surface area contributed by atoms with Crippen LogP contribution >= 0.6 is 0 Å². The third-order valence-corrected chi connectivity index (χ3v) is 5.72. The summed E-state index contributed by atoms with van der Waals surface area (Å²) in [6.07, 6.45) is 2.87. The lowest BCUT2D eigenvalue weighted by molar-refractivity contribution is 0.866. The van der Waals surface area contributed by atoms with E-state index in [1.807, 2.05) is 6.20 Å². The lowest BCUT2D eigenvalue weighted by Crippen LogP contribution is -1.97. The van der Waals surface area contributed by atoms with Crippen molar-refractivity contribution in [2.24, 2.45) is 0 Å². The minimum atomic E-state index is 0.528. The Balaban J connectivity index is 1.98. The Labute approximate surface area is 173 Å². The minimum absolute atomic E-state index is 0.528. The molecule has 3 aromatic carbocycles. The lowest BCUT2D eigenvalue weighted by Gasteiger charge is -2.18. The molecule has 0 saturated heterocycles. The zero-order valence-electron chi connectivity index (χ0n) is 17.7. The summed E-state index contributed by atoms with van der Waals surface area (Å²) in [5.74, 6) is 0.528. The summed E-state index contributed by atoms with van der Waals surface area (Å²) in [6, 6.07) is 24.4. The molecule has 4 aromatic rings. The monoisotopic (exact) mass is 380 g/mol. The number of nitrogens with zero attached hydrogens (tertiary/aromatic N) is 1. The van der Waals surface area contributed by atoms with Crippen molar-refractivity contribution in [1.82, 2.24) is 10.2 Å². The van der Waals surface area contributed by atoms with E-state index in [1.54, 1.807) is 0 Å². The number of hydrogen-bond donors (Lipinski definition) is 1. The summed E-state index contributed by atoms with van der Waals surface area (Å²) in [6.45, 7) is 8.93. The maximum Gasteiger partial charge on any atom is 0.0650 e. The van der Waals surface area contributed by atoms with E-state index in [1.165, 1.54) is 39.0 Å². The molecule has 0 aliphatic rings. The molecule has 1 N–H and O–H groups in total. The zero-order valence-corrected chi connectivity index (χ0v) is 17.7. The van der Waals surface area contributed by atoms with Gasteiger partial charge in [-0.05, 0) is 70.4 Å². The van der Waals surface area contributed by atoms with Crippen molar-refractivity contribution in [2.75, 3.05) is 0 Å². The number of aryl methyl sites for hydroxylation is 1. The van der Waals surface area contributed by atoms with Crippen LogP contribution < -0.4 is 0 Å². The van der Waals surface area contributed by atoms with Gasteiger partial charge in [0, 0.05) is 5.39 Å². The van der Waals surface area contributed by atoms with Gasteiger partial charge in [-0.3, -0.25) is 5.10 Å². The molecular formula is C27H28N2. The van der Waals surface area contributed by atoms with E-state index in [0.29, 0.717) is 5.92 Å². The van der Waals surface area contributed by atoms with Crippen LogP contribution in [0.2, 0.25) is 0 Å². The number of fused-ring (bicyclic) bond motifs is 1. The highest BCUT2D eigenvalue weighted by atomic mass is 15.1. The van der Waals surface area contributed by atoms with Crippen LogP contribution in [0.25, 0.3) is 22.0 Å². The molecule has 0 spiro atoms. The average molecular weight is 381 g/mol. The van der Waals surface area contributed by atoms with E-state index in [0.717, 1.165) is 17.3 Å². The number of aromatic nitrogens is 2. The number of H-pyrrole nitrogens is 1. The smallest absolute Gasteiger partial charge is 0.0650 e. The molecule has 0 amide bonds. The van der Waals surface area contributed by atoms with Crippen molar-refractivity contribution in [2.45, 2.75) is 40.0 Å². The van der Waals surface area contributed by atoms with Gasteiger partial charge in [0.05, 0.1) is 11.7 Å². The molecule has 2 heteroatoms. The first-order valence-corrected chi connectivity index (χ1v) is 10.4. The van der Waals surface area contributed by atoms with Gasteiger partial charge >= 0.3 is 0 Å². The highest BCUT2D eigenvalue weighted by Crippen LogP contribution is 2.36. The van der Waals surface area contributed by atoms with Crippen molar-refractivity contribution in [3.63, 3.8) is 0 Å². The second kappa shape index (κ2) is 8.08. The second-order valence-electron chi connectivity index (χ2n) is 7.97. The molecule has 2 nitrogen and oxygen atoms in total. The first-order chi connectivity index (χ1) is 14.1. The van der Waals surface area contributed by atoms with Crippen LogP contribution in [0.5, 0.6) is 0 Å². The fourth-order valence-electron chi connectivity index (χ4n) is 4.06. The molecule has 29 heavy (non-hydrogen) atoms. The topological polar surface area (TPSA) is 28.7 Å². The van der Waals surface area contributed by atoms with Gasteiger partial charge in [-0.1, -0.05) is 75.4 Å². The number of nitrogens with one attached hydrogen (secondary N) is 1. The molecule has 0 aliphatic heterocycles. The van der Waals surface area contributed by atoms with Crippen LogP contribution in [0.1, 0.15) is 60.9 Å². The predicted molar refractivity (Wildman–Crippen MR) is 124 cm³/mol. The second-order valence-corrected chi connectivity index (χ2v) is 7.97. The molecule has 0 radical (unpaired) electrons. The van der Waals surface area contributed by atoms with Crippen LogP contribution in [-0.2, 0) is 0 Å². The van der Waals surface area contributed by atoms with E-state index >= 15 is 0 Å². The normalized spacial score (nSPS) is 12.4. The molecule has 0 unspecified atom stereocenters. The average Bonchev–Trinajstić information content (AvgIpc) is 3.20. The zero-order chi connectivity index (χ0) is 20.4. The van der Waals surface area contributed by atoms with Gasteiger partial charge in [0.2, 0.25) is 0 Å². The Hall–Kier alpha value is -3.13. The molecule has 1 heterocycles. The minimum Gasteiger partial charge on any atom is -0.278 e. The van der Waals surface area contributed by atoms with E-state index in [-0.39, 0.29) is 0 Å². The molecule has 0 saturated carbocycles. The van der Waals surface area contributed by atoms with Crippen LogP contribution in [0.4, 0.5) is 0 Å². The molecular weight excluding hydrogens is 352 g/mol. The van der Waals surface area contributed by atoms with Crippen LogP contribution in [0.3, 0.4) is 0 Å². The van der Waals surface area contributed by atoms with Crippen LogP contribution in [0, 0.1) is 6.92 Å². The summed E-state index contributed by atoms with van der Waals surface area (Å²) in [7, 11) is 0. The van der Waals surface area contributed by atoms with Crippen molar-refractivity contribution in [3.05, 3.63) is 101 Å². The predicted octanol–water partition coefficient (Wildman–Crippen LogP) is 7.36. The van der Waals surface area contributed by atoms with Gasteiger partial charge in [0.1, 0.15) is 0 Å². The summed E-state index contributed by atoms with van der Waals surface area (Å²) in [5, 5.41) is 8.40. The molecule has 0 atom stereocenters. The molecule has 4 rings (SSSR count). The van der Waals surface area contributed by atoms with Gasteiger partial charge in [-0.25, -0.2) is 0 Å². The molecule has 0 aliphatic carbocycles. The van der Waals surface area contributed by atoms with E-state index < -0.39 is 0 Å². The summed E-state index contributed by atoms with van der Waals surface area (Å²) in [5.41, 5.74) is 10.2. The van der Waals surface area contributed by atoms with E-state index in [9.17, 15) is 0 Å². The Bertz CT molecular complexity index is 1160. The molecule has 1 aromatic heterocycles. The lowest BCUT2D eigenvalue weighted by atomic mass is 9.86. The first-order valence-electron chi connectivity index (χ1n) is 10.4. The summed E-state index contributed by atoms with van der Waals surface area (Å²) < 4.78 is 0.